The first-order chi connectivity index (χ1) is 9.11. The van der Waals surface area contributed by atoms with Gasteiger partial charge in [0.15, 0.2) is 11.6 Å². The molecule has 0 spiro atoms. The van der Waals surface area contributed by atoms with E-state index in [1.54, 1.807) is 13.0 Å². The number of hydrogen-bond acceptors (Lipinski definition) is 4. The maximum absolute atomic E-state index is 13.0. The molecule has 0 atom stereocenters. The van der Waals surface area contributed by atoms with Gasteiger partial charge in [-0.05, 0) is 36.8 Å². The summed E-state index contributed by atoms with van der Waals surface area (Å²) in [6, 6.07) is 5.72. The van der Waals surface area contributed by atoms with Gasteiger partial charge >= 0.3 is 0 Å². The topological polar surface area (TPSA) is 80.7 Å². The number of halogens is 1. The zero-order chi connectivity index (χ0) is 13.8. The van der Waals surface area contributed by atoms with E-state index in [0.717, 1.165) is 0 Å². The molecule has 2 aromatic rings. The van der Waals surface area contributed by atoms with Crippen LogP contribution in [-0.4, -0.2) is 16.0 Å². The van der Waals surface area contributed by atoms with Crippen molar-refractivity contribution in [2.45, 2.75) is 6.92 Å². The van der Waals surface area contributed by atoms with Gasteiger partial charge in [0.2, 0.25) is 0 Å². The average molecular weight is 261 g/mol. The highest BCUT2D eigenvalue weighted by Gasteiger charge is 2.10. The molecule has 0 aliphatic carbocycles. The summed E-state index contributed by atoms with van der Waals surface area (Å²) in [5.41, 5.74) is 6.58. The van der Waals surface area contributed by atoms with Gasteiger partial charge in [-0.2, -0.15) is 0 Å². The fourth-order valence-corrected chi connectivity index (χ4v) is 1.57. The first kappa shape index (κ1) is 12.8. The molecule has 0 radical (unpaired) electrons. The van der Waals surface area contributed by atoms with Gasteiger partial charge in [0.25, 0.3) is 0 Å². The van der Waals surface area contributed by atoms with E-state index in [2.05, 4.69) is 10.1 Å². The van der Waals surface area contributed by atoms with Crippen LogP contribution in [0.5, 0.6) is 11.5 Å². The van der Waals surface area contributed by atoms with Crippen LogP contribution in [0.1, 0.15) is 11.1 Å². The minimum absolute atomic E-state index is 0.0860. The van der Waals surface area contributed by atoms with Gasteiger partial charge in [-0.3, -0.25) is 4.98 Å². The lowest BCUT2D eigenvalue weighted by Gasteiger charge is -2.11. The Morgan fingerprint density at radius 1 is 1.37 bits per heavy atom. The standard InChI is InChI=1S/C13H12FN3O2/c1-8-6-9(14)2-3-11(8)19-12-7-16-5-4-10(12)13(15)17-18/h2-7,18H,1H3,(H2,15,17). The molecule has 6 heteroatoms. The molecule has 19 heavy (non-hydrogen) atoms. The molecule has 98 valence electrons. The Labute approximate surface area is 109 Å². The summed E-state index contributed by atoms with van der Waals surface area (Å²) < 4.78 is 18.6. The lowest BCUT2D eigenvalue weighted by molar-refractivity contribution is 0.318. The van der Waals surface area contributed by atoms with E-state index >= 15 is 0 Å². The SMILES string of the molecule is Cc1cc(F)ccc1Oc1cnccc1/C(N)=N/O. The number of ether oxygens (including phenoxy) is 1. The number of pyridine rings is 1. The molecular weight excluding hydrogens is 249 g/mol. The third kappa shape index (κ3) is 2.79. The molecule has 0 aliphatic rings. The summed E-state index contributed by atoms with van der Waals surface area (Å²) >= 11 is 0. The van der Waals surface area contributed by atoms with Gasteiger partial charge < -0.3 is 15.7 Å². The Balaban J connectivity index is 2.38. The van der Waals surface area contributed by atoms with Crippen LogP contribution >= 0.6 is 0 Å². The monoisotopic (exact) mass is 261 g/mol. The number of benzene rings is 1. The number of nitrogens with zero attached hydrogens (tertiary/aromatic N) is 2. The summed E-state index contributed by atoms with van der Waals surface area (Å²) in [6.45, 7) is 1.72. The van der Waals surface area contributed by atoms with Crippen molar-refractivity contribution in [1.29, 1.82) is 0 Å². The molecule has 0 aliphatic heterocycles. The van der Waals surface area contributed by atoms with Crippen LogP contribution in [0.3, 0.4) is 0 Å². The molecule has 0 fully saturated rings. The second kappa shape index (κ2) is 5.34. The predicted octanol–water partition coefficient (Wildman–Crippen LogP) is 2.42. The van der Waals surface area contributed by atoms with Crippen LogP contribution in [0.25, 0.3) is 0 Å². The number of aromatic nitrogens is 1. The van der Waals surface area contributed by atoms with Gasteiger partial charge in [0, 0.05) is 6.20 Å². The van der Waals surface area contributed by atoms with E-state index in [1.807, 2.05) is 0 Å². The van der Waals surface area contributed by atoms with Crippen molar-refractivity contribution in [2.24, 2.45) is 10.9 Å². The molecule has 5 nitrogen and oxygen atoms in total. The molecular formula is C13H12FN3O2. The molecule has 0 unspecified atom stereocenters. The zero-order valence-corrected chi connectivity index (χ0v) is 10.2. The van der Waals surface area contributed by atoms with E-state index in [1.165, 1.54) is 30.6 Å². The Morgan fingerprint density at radius 2 is 2.16 bits per heavy atom. The summed E-state index contributed by atoms with van der Waals surface area (Å²) in [4.78, 5) is 3.91. The summed E-state index contributed by atoms with van der Waals surface area (Å²) in [5, 5.41) is 11.6. The minimum atomic E-state index is -0.340. The smallest absolute Gasteiger partial charge is 0.173 e. The van der Waals surface area contributed by atoms with E-state index < -0.39 is 0 Å². The average Bonchev–Trinajstić information content (AvgIpc) is 2.41. The van der Waals surface area contributed by atoms with Gasteiger partial charge in [0.1, 0.15) is 11.6 Å². The highest BCUT2D eigenvalue weighted by Crippen LogP contribution is 2.27. The van der Waals surface area contributed by atoms with E-state index in [0.29, 0.717) is 22.6 Å². The van der Waals surface area contributed by atoms with Crippen LogP contribution in [0.2, 0.25) is 0 Å². The number of aryl methyl sites for hydroxylation is 1. The number of amidine groups is 1. The number of hydrogen-bond donors (Lipinski definition) is 2. The quantitative estimate of drug-likeness (QED) is 0.385. The van der Waals surface area contributed by atoms with Gasteiger partial charge in [-0.25, -0.2) is 4.39 Å². The number of rotatable bonds is 3. The van der Waals surface area contributed by atoms with Crippen molar-refractivity contribution in [2.75, 3.05) is 0 Å². The largest absolute Gasteiger partial charge is 0.455 e. The minimum Gasteiger partial charge on any atom is -0.455 e. The van der Waals surface area contributed by atoms with Crippen molar-refractivity contribution in [3.05, 3.63) is 53.6 Å². The molecule has 1 aromatic carbocycles. The molecule has 2 rings (SSSR count). The van der Waals surface area contributed by atoms with Crippen LogP contribution in [0, 0.1) is 12.7 Å². The maximum Gasteiger partial charge on any atom is 0.173 e. The first-order valence-corrected chi connectivity index (χ1v) is 5.47. The summed E-state index contributed by atoms with van der Waals surface area (Å²) in [5.74, 6) is 0.374. The van der Waals surface area contributed by atoms with Crippen molar-refractivity contribution in [3.63, 3.8) is 0 Å². The van der Waals surface area contributed by atoms with Crippen LogP contribution in [-0.2, 0) is 0 Å². The number of nitrogens with two attached hydrogens (primary N) is 1. The van der Waals surface area contributed by atoms with Gasteiger partial charge in [0.05, 0.1) is 11.8 Å². The molecule has 0 saturated heterocycles. The Hall–Kier alpha value is -2.63. The molecule has 0 bridgehead atoms. The van der Waals surface area contributed by atoms with E-state index in [4.69, 9.17) is 15.7 Å². The summed E-state index contributed by atoms with van der Waals surface area (Å²) in [7, 11) is 0. The maximum atomic E-state index is 13.0. The van der Waals surface area contributed by atoms with Gasteiger partial charge in [-0.15, -0.1) is 0 Å². The Bertz CT molecular complexity index is 629. The van der Waals surface area contributed by atoms with Crippen LogP contribution in [0.15, 0.2) is 41.8 Å². The molecule has 0 saturated carbocycles. The van der Waals surface area contributed by atoms with Crippen LogP contribution < -0.4 is 10.5 Å². The highest BCUT2D eigenvalue weighted by atomic mass is 19.1. The lowest BCUT2D eigenvalue weighted by atomic mass is 10.2. The van der Waals surface area contributed by atoms with Crippen LogP contribution in [0.4, 0.5) is 4.39 Å². The first-order valence-electron chi connectivity index (χ1n) is 5.47. The summed E-state index contributed by atoms with van der Waals surface area (Å²) in [6.07, 6.45) is 2.94. The second-order valence-electron chi connectivity index (χ2n) is 3.87. The highest BCUT2D eigenvalue weighted by molar-refractivity contribution is 5.99. The lowest BCUT2D eigenvalue weighted by Crippen LogP contribution is -2.14. The zero-order valence-electron chi connectivity index (χ0n) is 10.2. The fraction of sp³-hybridized carbons (Fsp3) is 0.0769. The Morgan fingerprint density at radius 3 is 2.84 bits per heavy atom. The van der Waals surface area contributed by atoms with Crippen molar-refractivity contribution in [1.82, 2.24) is 4.98 Å². The third-order valence-corrected chi connectivity index (χ3v) is 2.53. The molecule has 0 amide bonds. The predicted molar refractivity (Wildman–Crippen MR) is 68.0 cm³/mol. The normalized spacial score (nSPS) is 11.4. The van der Waals surface area contributed by atoms with Crippen molar-refractivity contribution >= 4 is 5.84 Å². The molecule has 1 heterocycles. The molecule has 3 N–H and O–H groups in total. The Kier molecular flexibility index (Phi) is 3.61. The number of oxime groups is 1. The van der Waals surface area contributed by atoms with E-state index in [-0.39, 0.29) is 11.7 Å². The second-order valence-corrected chi connectivity index (χ2v) is 3.87. The van der Waals surface area contributed by atoms with E-state index in [9.17, 15) is 4.39 Å². The van der Waals surface area contributed by atoms with Crippen molar-refractivity contribution in [3.8, 4) is 11.5 Å². The fourth-order valence-electron chi connectivity index (χ4n) is 1.57. The van der Waals surface area contributed by atoms with Crippen molar-refractivity contribution < 1.29 is 14.3 Å². The molecule has 1 aromatic heterocycles. The third-order valence-electron chi connectivity index (χ3n) is 2.53. The van der Waals surface area contributed by atoms with Gasteiger partial charge in [-0.1, -0.05) is 5.16 Å².